The van der Waals surface area contributed by atoms with Crippen LogP contribution in [0.4, 0.5) is 10.1 Å². The molecular weight excluding hydrogens is 461 g/mol. The van der Waals surface area contributed by atoms with E-state index in [-0.39, 0.29) is 11.7 Å². The average Bonchev–Trinajstić information content (AvgIpc) is 3.25. The molecule has 3 aromatic carbocycles. The van der Waals surface area contributed by atoms with Gasteiger partial charge in [-0.3, -0.25) is 4.79 Å². The van der Waals surface area contributed by atoms with Crippen LogP contribution in [0.3, 0.4) is 0 Å². The van der Waals surface area contributed by atoms with Gasteiger partial charge in [-0.2, -0.15) is 0 Å². The summed E-state index contributed by atoms with van der Waals surface area (Å²) in [5.41, 5.74) is 6.47. The Hall–Kier alpha value is -3.36. The minimum Gasteiger partial charge on any atom is -0.325 e. The van der Waals surface area contributed by atoms with E-state index in [0.29, 0.717) is 21.7 Å². The lowest BCUT2D eigenvalue weighted by molar-refractivity contribution is -0.116. The van der Waals surface area contributed by atoms with Crippen LogP contribution in [-0.2, 0) is 4.79 Å². The van der Waals surface area contributed by atoms with E-state index in [4.69, 9.17) is 11.6 Å². The Morgan fingerprint density at radius 3 is 2.58 bits per heavy atom. The van der Waals surface area contributed by atoms with Crippen LogP contribution in [0, 0.1) is 12.7 Å². The van der Waals surface area contributed by atoms with Gasteiger partial charge in [-0.05, 0) is 42.3 Å². The molecule has 166 valence electrons. The van der Waals surface area contributed by atoms with Crippen LogP contribution in [0.15, 0.2) is 78.0 Å². The van der Waals surface area contributed by atoms with E-state index in [1.165, 1.54) is 23.9 Å². The second-order valence-electron chi connectivity index (χ2n) is 7.61. The zero-order chi connectivity index (χ0) is 22.9. The topological polar surface area (TPSA) is 71.8 Å². The molecule has 0 aliphatic carbocycles. The van der Waals surface area contributed by atoms with E-state index >= 15 is 0 Å². The molecule has 0 radical (unpaired) electrons. The van der Waals surface area contributed by atoms with Crippen molar-refractivity contribution in [3.05, 3.63) is 94.8 Å². The van der Waals surface area contributed by atoms with Crippen LogP contribution in [-0.4, -0.2) is 26.0 Å². The molecule has 2 heterocycles. The number of hydrogen-bond donors (Lipinski definition) is 2. The molecule has 5 rings (SSSR count). The van der Waals surface area contributed by atoms with Gasteiger partial charge in [0.25, 0.3) is 0 Å². The fourth-order valence-electron chi connectivity index (χ4n) is 3.70. The van der Waals surface area contributed by atoms with Crippen LogP contribution >= 0.6 is 23.4 Å². The molecule has 2 unspecified atom stereocenters. The molecule has 0 bridgehead atoms. The number of halogens is 2. The summed E-state index contributed by atoms with van der Waals surface area (Å²) >= 11 is 7.53. The normalized spacial score (nSPS) is 17.2. The van der Waals surface area contributed by atoms with Gasteiger partial charge in [-0.1, -0.05) is 71.9 Å². The number of carbonyl (C=O) groups excluding carboxylic acids is 1. The Labute approximate surface area is 199 Å². The van der Waals surface area contributed by atoms with Gasteiger partial charge in [0.05, 0.1) is 6.04 Å². The number of benzene rings is 3. The maximum absolute atomic E-state index is 13.6. The summed E-state index contributed by atoms with van der Waals surface area (Å²) in [7, 11) is 0. The van der Waals surface area contributed by atoms with Gasteiger partial charge in [0, 0.05) is 16.3 Å². The average molecular weight is 480 g/mol. The summed E-state index contributed by atoms with van der Waals surface area (Å²) in [6, 6.07) is 20.7. The smallest absolute Gasteiger partial charge is 0.240 e. The lowest BCUT2D eigenvalue weighted by Gasteiger charge is -2.33. The minimum atomic E-state index is -0.589. The molecule has 9 heteroatoms. The van der Waals surface area contributed by atoms with E-state index in [0.717, 1.165) is 16.7 Å². The molecule has 2 atom stereocenters. The molecule has 1 aliphatic rings. The van der Waals surface area contributed by atoms with Crippen molar-refractivity contribution in [2.24, 2.45) is 0 Å². The lowest BCUT2D eigenvalue weighted by atomic mass is 10.0. The van der Waals surface area contributed by atoms with E-state index in [1.54, 1.807) is 28.9 Å². The van der Waals surface area contributed by atoms with Gasteiger partial charge in [-0.25, -0.2) is 9.07 Å². The third-order valence-electron chi connectivity index (χ3n) is 5.48. The Morgan fingerprint density at radius 2 is 1.82 bits per heavy atom. The van der Waals surface area contributed by atoms with Crippen LogP contribution in [0.1, 0.15) is 17.2 Å². The molecule has 6 nitrogen and oxygen atoms in total. The van der Waals surface area contributed by atoms with Gasteiger partial charge in [0.2, 0.25) is 11.1 Å². The largest absolute Gasteiger partial charge is 0.325 e. The quantitative estimate of drug-likeness (QED) is 0.407. The van der Waals surface area contributed by atoms with Crippen molar-refractivity contribution in [2.75, 3.05) is 10.7 Å². The first kappa shape index (κ1) is 21.5. The SMILES string of the molecule is Cc1c(Cl)cccc1NC(=O)C1Sc2nnc(-c3ccccc3)n2NC1c1ccc(F)cc1. The Morgan fingerprint density at radius 1 is 1.06 bits per heavy atom. The molecule has 4 aromatic rings. The molecule has 1 amide bonds. The fourth-order valence-corrected chi connectivity index (χ4v) is 4.95. The molecule has 0 fully saturated rings. The summed E-state index contributed by atoms with van der Waals surface area (Å²) in [6.07, 6.45) is 0. The minimum absolute atomic E-state index is 0.220. The maximum atomic E-state index is 13.6. The number of hydrogen-bond acceptors (Lipinski definition) is 5. The number of nitrogens with one attached hydrogen (secondary N) is 2. The molecule has 0 saturated heterocycles. The standard InChI is InChI=1S/C24H19ClFN5OS/c1-14-18(25)8-5-9-19(14)27-23(32)21-20(15-10-12-17(26)13-11-15)30-31-22(28-29-24(31)33-21)16-6-3-2-4-7-16/h2-13,20-21,30H,1H3,(H,27,32). The number of thioether (sulfide) groups is 1. The van der Waals surface area contributed by atoms with Crippen molar-refractivity contribution in [1.29, 1.82) is 0 Å². The molecular formula is C24H19ClFN5OS. The number of anilines is 1. The van der Waals surface area contributed by atoms with Gasteiger partial charge in [0.15, 0.2) is 5.82 Å². The van der Waals surface area contributed by atoms with E-state index < -0.39 is 11.3 Å². The molecule has 33 heavy (non-hydrogen) atoms. The van der Waals surface area contributed by atoms with Crippen molar-refractivity contribution in [1.82, 2.24) is 14.9 Å². The van der Waals surface area contributed by atoms with Crippen LogP contribution < -0.4 is 10.7 Å². The Kier molecular flexibility index (Phi) is 5.78. The van der Waals surface area contributed by atoms with Crippen LogP contribution in [0.5, 0.6) is 0 Å². The number of aromatic nitrogens is 3. The van der Waals surface area contributed by atoms with Gasteiger partial charge >= 0.3 is 0 Å². The van der Waals surface area contributed by atoms with Crippen molar-refractivity contribution in [3.8, 4) is 11.4 Å². The van der Waals surface area contributed by atoms with Gasteiger partial charge in [0.1, 0.15) is 11.1 Å². The zero-order valence-electron chi connectivity index (χ0n) is 17.5. The molecule has 2 N–H and O–H groups in total. The van der Waals surface area contributed by atoms with Crippen LogP contribution in [0.2, 0.25) is 5.02 Å². The highest BCUT2D eigenvalue weighted by Gasteiger charge is 2.38. The van der Waals surface area contributed by atoms with Gasteiger partial charge < -0.3 is 10.7 Å². The molecule has 0 saturated carbocycles. The first-order valence-electron chi connectivity index (χ1n) is 10.3. The summed E-state index contributed by atoms with van der Waals surface area (Å²) in [5.74, 6) is 0.0742. The second kappa shape index (κ2) is 8.88. The number of fused-ring (bicyclic) bond motifs is 1. The van der Waals surface area contributed by atoms with Crippen molar-refractivity contribution < 1.29 is 9.18 Å². The Bertz CT molecular complexity index is 1310. The highest BCUT2D eigenvalue weighted by atomic mass is 35.5. The monoisotopic (exact) mass is 479 g/mol. The summed E-state index contributed by atoms with van der Waals surface area (Å²) in [5, 5.41) is 12.2. The number of nitrogens with zero attached hydrogens (tertiary/aromatic N) is 3. The Balaban J connectivity index is 1.52. The lowest BCUT2D eigenvalue weighted by Crippen LogP contribution is -2.41. The first-order valence-corrected chi connectivity index (χ1v) is 11.5. The highest BCUT2D eigenvalue weighted by molar-refractivity contribution is 8.00. The van der Waals surface area contributed by atoms with E-state index in [1.807, 2.05) is 43.3 Å². The maximum Gasteiger partial charge on any atom is 0.240 e. The van der Waals surface area contributed by atoms with Crippen LogP contribution in [0.25, 0.3) is 11.4 Å². The summed E-state index contributed by atoms with van der Waals surface area (Å²) < 4.78 is 15.4. The molecule has 1 aliphatic heterocycles. The molecule has 0 spiro atoms. The second-order valence-corrected chi connectivity index (χ2v) is 9.12. The van der Waals surface area contributed by atoms with Crippen molar-refractivity contribution >= 4 is 35.0 Å². The summed E-state index contributed by atoms with van der Waals surface area (Å²) in [4.78, 5) is 13.4. The zero-order valence-corrected chi connectivity index (χ0v) is 19.1. The van der Waals surface area contributed by atoms with E-state index in [9.17, 15) is 9.18 Å². The predicted molar refractivity (Wildman–Crippen MR) is 128 cm³/mol. The third-order valence-corrected chi connectivity index (χ3v) is 7.11. The highest BCUT2D eigenvalue weighted by Crippen LogP contribution is 2.39. The fraction of sp³-hybridized carbons (Fsp3) is 0.125. The van der Waals surface area contributed by atoms with E-state index in [2.05, 4.69) is 20.9 Å². The predicted octanol–water partition coefficient (Wildman–Crippen LogP) is 5.44. The molecule has 1 aromatic heterocycles. The van der Waals surface area contributed by atoms with Crippen molar-refractivity contribution in [3.63, 3.8) is 0 Å². The number of amides is 1. The van der Waals surface area contributed by atoms with Crippen molar-refractivity contribution in [2.45, 2.75) is 23.4 Å². The third kappa shape index (κ3) is 4.19. The van der Waals surface area contributed by atoms with Gasteiger partial charge in [-0.15, -0.1) is 10.2 Å². The first-order chi connectivity index (χ1) is 16.0. The number of rotatable bonds is 4. The number of carbonyl (C=O) groups is 1. The summed E-state index contributed by atoms with van der Waals surface area (Å²) in [6.45, 7) is 1.85.